The third-order valence-electron chi connectivity index (χ3n) is 2.85. The summed E-state index contributed by atoms with van der Waals surface area (Å²) in [7, 11) is 0. The van der Waals surface area contributed by atoms with Crippen LogP contribution in [0.3, 0.4) is 0 Å². The Bertz CT molecular complexity index is 613. The molecule has 3 nitrogen and oxygen atoms in total. The van der Waals surface area contributed by atoms with Gasteiger partial charge in [-0.2, -0.15) is 0 Å². The van der Waals surface area contributed by atoms with E-state index in [0.29, 0.717) is 18.9 Å². The highest BCUT2D eigenvalue weighted by Crippen LogP contribution is 2.37. The van der Waals surface area contributed by atoms with Crippen molar-refractivity contribution < 1.29 is 13.9 Å². The third kappa shape index (κ3) is 2.99. The van der Waals surface area contributed by atoms with Crippen LogP contribution in [-0.4, -0.2) is 13.2 Å². The van der Waals surface area contributed by atoms with E-state index in [0.717, 1.165) is 27.7 Å². The fourth-order valence-electron chi connectivity index (χ4n) is 1.99. The van der Waals surface area contributed by atoms with E-state index in [1.54, 1.807) is 6.07 Å². The number of benzene rings is 2. The standard InChI is InChI=1S/C15H14FNO2S/c16-10-6-11(17)8-13(7-10)20-12-2-3-14-15(9-12)19-5-1-4-18-14/h2-3,6-9H,1,4-5,17H2. The highest BCUT2D eigenvalue weighted by molar-refractivity contribution is 7.99. The Hall–Kier alpha value is -1.88. The molecule has 0 fully saturated rings. The molecule has 0 aromatic heterocycles. The van der Waals surface area contributed by atoms with Crippen LogP contribution in [0.25, 0.3) is 0 Å². The molecular weight excluding hydrogens is 277 g/mol. The van der Waals surface area contributed by atoms with Crippen LogP contribution in [0.1, 0.15) is 6.42 Å². The third-order valence-corrected chi connectivity index (χ3v) is 3.81. The normalized spacial score (nSPS) is 13.8. The molecule has 0 bridgehead atoms. The maximum Gasteiger partial charge on any atom is 0.162 e. The van der Waals surface area contributed by atoms with E-state index in [1.807, 2.05) is 18.2 Å². The Labute approximate surface area is 120 Å². The van der Waals surface area contributed by atoms with Crippen molar-refractivity contribution in [2.45, 2.75) is 16.2 Å². The Morgan fingerprint density at radius 3 is 2.55 bits per heavy atom. The van der Waals surface area contributed by atoms with Gasteiger partial charge in [-0.15, -0.1) is 0 Å². The van der Waals surface area contributed by atoms with E-state index in [9.17, 15) is 4.39 Å². The van der Waals surface area contributed by atoms with Crippen molar-refractivity contribution in [1.82, 2.24) is 0 Å². The predicted octanol–water partition coefficient (Wildman–Crippen LogP) is 3.72. The number of nitrogens with two attached hydrogens (primary N) is 1. The molecule has 2 N–H and O–H groups in total. The molecule has 20 heavy (non-hydrogen) atoms. The van der Waals surface area contributed by atoms with Gasteiger partial charge in [-0.3, -0.25) is 0 Å². The van der Waals surface area contributed by atoms with Gasteiger partial charge >= 0.3 is 0 Å². The van der Waals surface area contributed by atoms with Gasteiger partial charge in [0.15, 0.2) is 11.5 Å². The number of nitrogen functional groups attached to an aromatic ring is 1. The van der Waals surface area contributed by atoms with Crippen molar-refractivity contribution >= 4 is 17.4 Å². The lowest BCUT2D eigenvalue weighted by Crippen LogP contribution is -1.97. The van der Waals surface area contributed by atoms with Crippen molar-refractivity contribution in [1.29, 1.82) is 0 Å². The molecule has 1 heterocycles. The minimum absolute atomic E-state index is 0.332. The molecule has 2 aromatic rings. The summed E-state index contributed by atoms with van der Waals surface area (Å²) in [6, 6.07) is 10.2. The second-order valence-electron chi connectivity index (χ2n) is 4.48. The van der Waals surface area contributed by atoms with Crippen molar-refractivity contribution in [3.05, 3.63) is 42.2 Å². The highest BCUT2D eigenvalue weighted by Gasteiger charge is 2.11. The average molecular weight is 291 g/mol. The molecule has 1 aliphatic heterocycles. The van der Waals surface area contributed by atoms with Crippen LogP contribution in [0.15, 0.2) is 46.2 Å². The quantitative estimate of drug-likeness (QED) is 0.856. The summed E-state index contributed by atoms with van der Waals surface area (Å²) < 4.78 is 24.5. The first-order valence-electron chi connectivity index (χ1n) is 6.34. The molecule has 1 aliphatic rings. The van der Waals surface area contributed by atoms with Crippen LogP contribution >= 0.6 is 11.8 Å². The van der Waals surface area contributed by atoms with E-state index in [-0.39, 0.29) is 5.82 Å². The Balaban J connectivity index is 1.85. The topological polar surface area (TPSA) is 44.5 Å². The Morgan fingerprint density at radius 1 is 0.950 bits per heavy atom. The highest BCUT2D eigenvalue weighted by atomic mass is 32.2. The Kier molecular flexibility index (Phi) is 3.69. The lowest BCUT2D eigenvalue weighted by molar-refractivity contribution is 0.297. The van der Waals surface area contributed by atoms with Gasteiger partial charge in [-0.05, 0) is 36.4 Å². The molecule has 2 aromatic carbocycles. The second kappa shape index (κ2) is 5.63. The van der Waals surface area contributed by atoms with Gasteiger partial charge in [0.05, 0.1) is 13.2 Å². The average Bonchev–Trinajstić information content (AvgIpc) is 2.62. The smallest absolute Gasteiger partial charge is 0.162 e. The van der Waals surface area contributed by atoms with Crippen molar-refractivity contribution in [2.24, 2.45) is 0 Å². The number of fused-ring (bicyclic) bond motifs is 1. The summed E-state index contributed by atoms with van der Waals surface area (Å²) in [6.07, 6.45) is 0.873. The van der Waals surface area contributed by atoms with E-state index in [2.05, 4.69) is 0 Å². The number of halogens is 1. The van der Waals surface area contributed by atoms with Crippen LogP contribution < -0.4 is 15.2 Å². The summed E-state index contributed by atoms with van der Waals surface area (Å²) in [5.41, 5.74) is 6.06. The van der Waals surface area contributed by atoms with E-state index in [4.69, 9.17) is 15.2 Å². The minimum Gasteiger partial charge on any atom is -0.490 e. The molecule has 0 unspecified atom stereocenters. The van der Waals surface area contributed by atoms with Crippen molar-refractivity contribution in [3.8, 4) is 11.5 Å². The van der Waals surface area contributed by atoms with Crippen LogP contribution in [-0.2, 0) is 0 Å². The molecule has 0 radical (unpaired) electrons. The molecule has 0 saturated carbocycles. The summed E-state index contributed by atoms with van der Waals surface area (Å²) in [5.74, 6) is 1.16. The van der Waals surface area contributed by atoms with Crippen molar-refractivity contribution in [2.75, 3.05) is 18.9 Å². The number of rotatable bonds is 2. The summed E-state index contributed by atoms with van der Waals surface area (Å²) in [5, 5.41) is 0. The molecule has 3 rings (SSSR count). The fourth-order valence-corrected chi connectivity index (χ4v) is 2.93. The summed E-state index contributed by atoms with van der Waals surface area (Å²) in [4.78, 5) is 1.72. The van der Waals surface area contributed by atoms with Crippen LogP contribution in [0.4, 0.5) is 10.1 Å². The number of ether oxygens (including phenoxy) is 2. The zero-order valence-corrected chi connectivity index (χ0v) is 11.6. The van der Waals surface area contributed by atoms with Crippen molar-refractivity contribution in [3.63, 3.8) is 0 Å². The SMILES string of the molecule is Nc1cc(F)cc(Sc2ccc3c(c2)OCCCO3)c1. The first-order chi connectivity index (χ1) is 9.70. The van der Waals surface area contributed by atoms with E-state index >= 15 is 0 Å². The molecular formula is C15H14FNO2S. The molecule has 5 heteroatoms. The van der Waals surface area contributed by atoms with Gasteiger partial charge < -0.3 is 15.2 Å². The van der Waals surface area contributed by atoms with E-state index < -0.39 is 0 Å². The largest absolute Gasteiger partial charge is 0.490 e. The first kappa shape index (κ1) is 13.1. The first-order valence-corrected chi connectivity index (χ1v) is 7.16. The predicted molar refractivity (Wildman–Crippen MR) is 77.0 cm³/mol. The van der Waals surface area contributed by atoms with Gasteiger partial charge in [-0.1, -0.05) is 11.8 Å². The van der Waals surface area contributed by atoms with Gasteiger partial charge in [0.2, 0.25) is 0 Å². The molecule has 0 aliphatic carbocycles. The van der Waals surface area contributed by atoms with Gasteiger partial charge in [0, 0.05) is 21.9 Å². The molecule has 0 spiro atoms. The lowest BCUT2D eigenvalue weighted by Gasteiger charge is -2.09. The lowest BCUT2D eigenvalue weighted by atomic mass is 10.3. The van der Waals surface area contributed by atoms with E-state index in [1.165, 1.54) is 23.9 Å². The Morgan fingerprint density at radius 2 is 1.75 bits per heavy atom. The molecule has 0 saturated heterocycles. The number of hydrogen-bond donors (Lipinski definition) is 1. The second-order valence-corrected chi connectivity index (χ2v) is 5.63. The molecule has 104 valence electrons. The minimum atomic E-state index is -0.332. The summed E-state index contributed by atoms with van der Waals surface area (Å²) in [6.45, 7) is 1.31. The maximum absolute atomic E-state index is 13.3. The number of anilines is 1. The summed E-state index contributed by atoms with van der Waals surface area (Å²) >= 11 is 1.44. The maximum atomic E-state index is 13.3. The fraction of sp³-hybridized carbons (Fsp3) is 0.200. The number of hydrogen-bond acceptors (Lipinski definition) is 4. The zero-order valence-electron chi connectivity index (χ0n) is 10.8. The van der Waals surface area contributed by atoms with Crippen LogP contribution in [0, 0.1) is 5.82 Å². The van der Waals surface area contributed by atoms with Crippen LogP contribution in [0.5, 0.6) is 11.5 Å². The molecule has 0 amide bonds. The van der Waals surface area contributed by atoms with Gasteiger partial charge in [-0.25, -0.2) is 4.39 Å². The van der Waals surface area contributed by atoms with Crippen LogP contribution in [0.2, 0.25) is 0 Å². The zero-order chi connectivity index (χ0) is 13.9. The monoisotopic (exact) mass is 291 g/mol. The molecule has 0 atom stereocenters. The van der Waals surface area contributed by atoms with Gasteiger partial charge in [0.25, 0.3) is 0 Å². The van der Waals surface area contributed by atoms with Gasteiger partial charge in [0.1, 0.15) is 5.82 Å².